The Balaban J connectivity index is 1.90. The van der Waals surface area contributed by atoms with E-state index in [9.17, 15) is 4.79 Å². The van der Waals surface area contributed by atoms with Crippen LogP contribution in [-0.4, -0.2) is 11.6 Å². The van der Waals surface area contributed by atoms with Crippen LogP contribution in [0.3, 0.4) is 0 Å². The van der Waals surface area contributed by atoms with Crippen LogP contribution in [-0.2, 0) is 10.2 Å². The maximum absolute atomic E-state index is 13.0. The van der Waals surface area contributed by atoms with E-state index in [0.29, 0.717) is 5.75 Å². The van der Waals surface area contributed by atoms with Gasteiger partial charge in [-0.05, 0) is 99.9 Å². The molecular formula is C40H48O3. The second-order valence-electron chi connectivity index (χ2n) is 12.4. The largest absolute Gasteiger partial charge is 0.488 e. The third-order valence-electron chi connectivity index (χ3n) is 9.67. The lowest BCUT2D eigenvalue weighted by Crippen LogP contribution is -2.32. The number of esters is 1. The van der Waals surface area contributed by atoms with Gasteiger partial charge in [0.25, 0.3) is 0 Å². The number of aryl methyl sites for hydroxylation is 2. The van der Waals surface area contributed by atoms with Crippen LogP contribution in [0.2, 0.25) is 0 Å². The van der Waals surface area contributed by atoms with E-state index >= 15 is 0 Å². The van der Waals surface area contributed by atoms with E-state index in [0.717, 1.165) is 53.7 Å². The maximum Gasteiger partial charge on any atom is 0.317 e. The molecule has 0 aromatic heterocycles. The van der Waals surface area contributed by atoms with E-state index in [1.54, 1.807) is 0 Å². The van der Waals surface area contributed by atoms with Crippen molar-refractivity contribution in [2.45, 2.75) is 92.1 Å². The quantitative estimate of drug-likeness (QED) is 0.0956. The molecule has 3 heteroatoms. The first-order valence-electron chi connectivity index (χ1n) is 15.8. The van der Waals surface area contributed by atoms with Crippen LogP contribution >= 0.6 is 0 Å². The average Bonchev–Trinajstić information content (AvgIpc) is 3.03. The zero-order chi connectivity index (χ0) is 31.3. The Bertz CT molecular complexity index is 1430. The fraction of sp³-hybridized carbons (Fsp3) is 0.375. The molecule has 0 atom stereocenters. The summed E-state index contributed by atoms with van der Waals surface area (Å²) in [5.41, 5.74) is 5.66. The smallest absolute Gasteiger partial charge is 0.317 e. The molecule has 4 aromatic rings. The SMILES string of the molecule is CCC(C)(CC)Oc1ccc(C(c2ccc(C)cc2)(c2ccc(C)cc2)c2ccc(OC(=O)C(C)(CC)CC)cc2)cc1. The lowest BCUT2D eigenvalue weighted by atomic mass is 9.65. The number of carbonyl (C=O) groups is 1. The summed E-state index contributed by atoms with van der Waals surface area (Å²) in [6.07, 6.45) is 3.35. The zero-order valence-corrected chi connectivity index (χ0v) is 27.3. The highest BCUT2D eigenvalue weighted by molar-refractivity contribution is 5.78. The summed E-state index contributed by atoms with van der Waals surface area (Å²) < 4.78 is 12.4. The van der Waals surface area contributed by atoms with Gasteiger partial charge < -0.3 is 9.47 Å². The van der Waals surface area contributed by atoms with Gasteiger partial charge >= 0.3 is 5.97 Å². The predicted octanol–water partition coefficient (Wildman–Crippen LogP) is 10.4. The van der Waals surface area contributed by atoms with E-state index in [4.69, 9.17) is 9.47 Å². The van der Waals surface area contributed by atoms with Crippen molar-refractivity contribution in [3.05, 3.63) is 130 Å². The first-order valence-corrected chi connectivity index (χ1v) is 15.8. The van der Waals surface area contributed by atoms with Crippen LogP contribution in [0.15, 0.2) is 97.1 Å². The topological polar surface area (TPSA) is 35.5 Å². The summed E-state index contributed by atoms with van der Waals surface area (Å²) in [5, 5.41) is 0. The highest BCUT2D eigenvalue weighted by Crippen LogP contribution is 2.46. The molecule has 0 saturated carbocycles. The Labute approximate surface area is 259 Å². The second kappa shape index (κ2) is 13.2. The number of benzene rings is 4. The van der Waals surface area contributed by atoms with Crippen molar-refractivity contribution in [2.75, 3.05) is 0 Å². The monoisotopic (exact) mass is 576 g/mol. The standard InChI is InChI=1S/C40H48O3/c1-9-38(7,10-2)37(41)42-35-25-21-33(22-26-35)40(31-17-13-29(5)14-18-31,32-19-15-30(6)16-20-32)34-23-27-36(28-24-34)43-39(8,11-3)12-4/h13-28H,9-12H2,1-8H3. The summed E-state index contributed by atoms with van der Waals surface area (Å²) in [6.45, 7) is 16.8. The van der Waals surface area contributed by atoms with Crippen LogP contribution in [0, 0.1) is 19.3 Å². The lowest BCUT2D eigenvalue weighted by Gasteiger charge is -2.37. The summed E-state index contributed by atoms with van der Waals surface area (Å²) in [5.74, 6) is 1.25. The van der Waals surface area contributed by atoms with Crippen molar-refractivity contribution in [1.29, 1.82) is 0 Å². The summed E-state index contributed by atoms with van der Waals surface area (Å²) in [6, 6.07) is 34.3. The highest BCUT2D eigenvalue weighted by atomic mass is 16.5. The third kappa shape index (κ3) is 6.56. The molecule has 0 aliphatic rings. The molecule has 0 aliphatic heterocycles. The Morgan fingerprint density at radius 1 is 0.535 bits per heavy atom. The second-order valence-corrected chi connectivity index (χ2v) is 12.4. The summed E-state index contributed by atoms with van der Waals surface area (Å²) >= 11 is 0. The third-order valence-corrected chi connectivity index (χ3v) is 9.67. The summed E-state index contributed by atoms with van der Waals surface area (Å²) in [7, 11) is 0. The Morgan fingerprint density at radius 3 is 1.23 bits per heavy atom. The zero-order valence-electron chi connectivity index (χ0n) is 27.3. The molecule has 4 rings (SSSR count). The van der Waals surface area contributed by atoms with Gasteiger partial charge in [0.2, 0.25) is 0 Å². The van der Waals surface area contributed by atoms with Crippen molar-refractivity contribution in [3.63, 3.8) is 0 Å². The molecule has 0 fully saturated rings. The molecule has 0 amide bonds. The number of carbonyl (C=O) groups excluding carboxylic acids is 1. The van der Waals surface area contributed by atoms with Gasteiger partial charge in [0.15, 0.2) is 0 Å². The molecule has 0 bridgehead atoms. The minimum atomic E-state index is -0.608. The van der Waals surface area contributed by atoms with E-state index in [2.05, 4.69) is 120 Å². The van der Waals surface area contributed by atoms with Gasteiger partial charge in [-0.2, -0.15) is 0 Å². The van der Waals surface area contributed by atoms with Crippen LogP contribution in [0.5, 0.6) is 11.5 Å². The van der Waals surface area contributed by atoms with Gasteiger partial charge in [0.05, 0.1) is 10.8 Å². The minimum absolute atomic E-state index is 0.185. The molecule has 0 unspecified atom stereocenters. The maximum atomic E-state index is 13.0. The fourth-order valence-electron chi connectivity index (χ4n) is 5.60. The fourth-order valence-corrected chi connectivity index (χ4v) is 5.60. The van der Waals surface area contributed by atoms with Gasteiger partial charge in [-0.3, -0.25) is 4.79 Å². The molecule has 226 valence electrons. The summed E-state index contributed by atoms with van der Waals surface area (Å²) in [4.78, 5) is 13.0. The molecule has 0 radical (unpaired) electrons. The van der Waals surface area contributed by atoms with Crippen LogP contribution < -0.4 is 9.47 Å². The Morgan fingerprint density at radius 2 is 0.884 bits per heavy atom. The average molecular weight is 577 g/mol. The van der Waals surface area contributed by atoms with E-state index in [1.165, 1.54) is 11.1 Å². The van der Waals surface area contributed by atoms with Crippen molar-refractivity contribution >= 4 is 5.97 Å². The molecule has 3 nitrogen and oxygen atoms in total. The van der Waals surface area contributed by atoms with Crippen LogP contribution in [0.25, 0.3) is 0 Å². The Kier molecular flexibility index (Phi) is 9.85. The van der Waals surface area contributed by atoms with E-state index < -0.39 is 10.8 Å². The van der Waals surface area contributed by atoms with Crippen molar-refractivity contribution < 1.29 is 14.3 Å². The van der Waals surface area contributed by atoms with Crippen molar-refractivity contribution in [3.8, 4) is 11.5 Å². The minimum Gasteiger partial charge on any atom is -0.488 e. The molecule has 0 saturated heterocycles. The lowest BCUT2D eigenvalue weighted by molar-refractivity contribution is -0.145. The van der Waals surface area contributed by atoms with Crippen molar-refractivity contribution in [1.82, 2.24) is 0 Å². The predicted molar refractivity (Wildman–Crippen MR) is 178 cm³/mol. The molecule has 0 heterocycles. The van der Waals surface area contributed by atoms with Gasteiger partial charge in [-0.1, -0.05) is 112 Å². The molecular weight excluding hydrogens is 528 g/mol. The van der Waals surface area contributed by atoms with E-state index in [1.807, 2.05) is 32.9 Å². The van der Waals surface area contributed by atoms with Crippen LogP contribution in [0.1, 0.15) is 101 Å². The van der Waals surface area contributed by atoms with Gasteiger partial charge in [0.1, 0.15) is 17.1 Å². The molecule has 43 heavy (non-hydrogen) atoms. The number of rotatable bonds is 12. The van der Waals surface area contributed by atoms with Gasteiger partial charge in [-0.15, -0.1) is 0 Å². The van der Waals surface area contributed by atoms with Crippen molar-refractivity contribution in [2.24, 2.45) is 5.41 Å². The first kappa shape index (κ1) is 32.1. The molecule has 0 N–H and O–H groups in total. The van der Waals surface area contributed by atoms with Gasteiger partial charge in [-0.25, -0.2) is 0 Å². The number of hydrogen-bond donors (Lipinski definition) is 0. The Hall–Kier alpha value is -3.85. The van der Waals surface area contributed by atoms with E-state index in [-0.39, 0.29) is 11.6 Å². The first-order chi connectivity index (χ1) is 20.5. The number of hydrogen-bond acceptors (Lipinski definition) is 3. The normalized spacial score (nSPS) is 12.2. The molecule has 0 spiro atoms. The molecule has 4 aromatic carbocycles. The molecule has 0 aliphatic carbocycles. The highest BCUT2D eigenvalue weighted by Gasteiger charge is 2.39. The number of ether oxygens (including phenoxy) is 2. The van der Waals surface area contributed by atoms with Gasteiger partial charge in [0, 0.05) is 0 Å². The van der Waals surface area contributed by atoms with Crippen LogP contribution in [0.4, 0.5) is 0 Å².